The van der Waals surface area contributed by atoms with Gasteiger partial charge < -0.3 is 14.8 Å². The topological polar surface area (TPSA) is 109 Å². The molecule has 0 saturated heterocycles. The number of rotatable bonds is 9. The monoisotopic (exact) mass is 520 g/mol. The summed E-state index contributed by atoms with van der Waals surface area (Å²) in [5.41, 5.74) is 3.37. The maximum absolute atomic E-state index is 12.8. The minimum Gasteiger partial charge on any atom is -0.471 e. The molecule has 4 aromatic carbocycles. The van der Waals surface area contributed by atoms with Gasteiger partial charge in [-0.05, 0) is 48.4 Å². The number of hydrogen-bond acceptors (Lipinski definition) is 6. The maximum atomic E-state index is 12.8. The zero-order valence-electron chi connectivity index (χ0n) is 21.0. The van der Waals surface area contributed by atoms with E-state index < -0.39 is 10.8 Å². The minimum atomic E-state index is -0.546. The van der Waals surface area contributed by atoms with E-state index in [-0.39, 0.29) is 29.5 Å². The van der Waals surface area contributed by atoms with E-state index in [2.05, 4.69) is 10.4 Å². The van der Waals surface area contributed by atoms with Crippen LogP contribution >= 0.6 is 0 Å². The number of nitro groups is 1. The number of carbonyl (C=O) groups is 1. The van der Waals surface area contributed by atoms with Gasteiger partial charge in [-0.1, -0.05) is 60.2 Å². The predicted molar refractivity (Wildman–Crippen MR) is 147 cm³/mol. The Morgan fingerprint density at radius 2 is 1.56 bits per heavy atom. The molecule has 1 aromatic heterocycles. The second-order valence-electron chi connectivity index (χ2n) is 8.75. The third kappa shape index (κ3) is 6.47. The van der Waals surface area contributed by atoms with E-state index >= 15 is 0 Å². The summed E-state index contributed by atoms with van der Waals surface area (Å²) < 4.78 is 13.0. The highest BCUT2D eigenvalue weighted by atomic mass is 16.6. The van der Waals surface area contributed by atoms with Gasteiger partial charge in [0.25, 0.3) is 11.6 Å². The maximum Gasteiger partial charge on any atom is 0.276 e. The van der Waals surface area contributed by atoms with Crippen LogP contribution < -0.4 is 14.8 Å². The van der Waals surface area contributed by atoms with Crippen molar-refractivity contribution in [1.82, 2.24) is 9.78 Å². The Labute approximate surface area is 224 Å². The Kier molecular flexibility index (Phi) is 7.31. The van der Waals surface area contributed by atoms with Crippen molar-refractivity contribution in [3.05, 3.63) is 131 Å². The molecule has 0 unspecified atom stereocenters. The number of nitrogens with zero attached hydrogens (tertiary/aromatic N) is 3. The molecule has 0 bridgehead atoms. The predicted octanol–water partition coefficient (Wildman–Crippen LogP) is 6.85. The van der Waals surface area contributed by atoms with Gasteiger partial charge in [0, 0.05) is 18.3 Å². The number of aryl methyl sites for hydroxylation is 1. The molecular weight excluding hydrogens is 496 g/mol. The average molecular weight is 521 g/mol. The van der Waals surface area contributed by atoms with Gasteiger partial charge in [0.2, 0.25) is 0 Å². The van der Waals surface area contributed by atoms with Crippen LogP contribution in [-0.4, -0.2) is 20.6 Å². The van der Waals surface area contributed by atoms with Gasteiger partial charge in [-0.2, -0.15) is 5.10 Å². The highest BCUT2D eigenvalue weighted by Crippen LogP contribution is 2.30. The Morgan fingerprint density at radius 1 is 0.872 bits per heavy atom. The lowest BCUT2D eigenvalue weighted by atomic mass is 10.1. The summed E-state index contributed by atoms with van der Waals surface area (Å²) in [6, 6.07) is 30.6. The number of anilines is 1. The molecule has 0 aliphatic rings. The van der Waals surface area contributed by atoms with Gasteiger partial charge in [0.15, 0.2) is 12.4 Å². The highest BCUT2D eigenvalue weighted by molar-refractivity contribution is 6.03. The van der Waals surface area contributed by atoms with Crippen LogP contribution in [0, 0.1) is 17.0 Å². The van der Waals surface area contributed by atoms with Crippen molar-refractivity contribution in [2.24, 2.45) is 0 Å². The third-order valence-corrected chi connectivity index (χ3v) is 5.81. The van der Waals surface area contributed by atoms with E-state index in [1.807, 2.05) is 73.7 Å². The van der Waals surface area contributed by atoms with Crippen molar-refractivity contribution in [2.45, 2.75) is 13.7 Å². The summed E-state index contributed by atoms with van der Waals surface area (Å²) in [5, 5.41) is 18.4. The van der Waals surface area contributed by atoms with Crippen LogP contribution in [0.4, 0.5) is 11.4 Å². The molecule has 1 N–H and O–H groups in total. The van der Waals surface area contributed by atoms with Crippen LogP contribution in [-0.2, 0) is 6.73 Å². The number of aromatic nitrogens is 2. The zero-order valence-corrected chi connectivity index (χ0v) is 21.0. The molecule has 5 aromatic rings. The smallest absolute Gasteiger partial charge is 0.276 e. The fourth-order valence-electron chi connectivity index (χ4n) is 3.83. The molecule has 1 amide bonds. The largest absolute Gasteiger partial charge is 0.471 e. The lowest BCUT2D eigenvalue weighted by Crippen LogP contribution is -2.14. The molecule has 0 aliphatic carbocycles. The van der Waals surface area contributed by atoms with Crippen LogP contribution in [0.3, 0.4) is 0 Å². The normalized spacial score (nSPS) is 10.6. The van der Waals surface area contributed by atoms with Crippen LogP contribution in [0.15, 0.2) is 109 Å². The first-order chi connectivity index (χ1) is 18.9. The number of ether oxygens (including phenoxy) is 2. The van der Waals surface area contributed by atoms with Gasteiger partial charge in [-0.3, -0.25) is 14.9 Å². The molecule has 0 saturated carbocycles. The Morgan fingerprint density at radius 3 is 2.28 bits per heavy atom. The number of carbonyl (C=O) groups excluding carboxylic acids is 1. The Hall–Kier alpha value is -5.44. The zero-order chi connectivity index (χ0) is 27.2. The number of hydrogen-bond donors (Lipinski definition) is 1. The van der Waals surface area contributed by atoms with Crippen molar-refractivity contribution in [1.29, 1.82) is 0 Å². The van der Waals surface area contributed by atoms with Gasteiger partial charge in [-0.15, -0.1) is 0 Å². The van der Waals surface area contributed by atoms with Crippen LogP contribution in [0.1, 0.15) is 16.1 Å². The number of nitro benzene ring substituents is 1. The van der Waals surface area contributed by atoms with E-state index in [1.165, 1.54) is 28.9 Å². The summed E-state index contributed by atoms with van der Waals surface area (Å²) in [7, 11) is 0. The molecule has 9 nitrogen and oxygen atoms in total. The number of amides is 1. The number of nitrogens with one attached hydrogen (secondary N) is 1. The summed E-state index contributed by atoms with van der Waals surface area (Å²) >= 11 is 0. The molecule has 0 fully saturated rings. The third-order valence-electron chi connectivity index (χ3n) is 5.81. The molecular formula is C30H24N4O5. The molecule has 0 radical (unpaired) electrons. The van der Waals surface area contributed by atoms with E-state index in [0.29, 0.717) is 11.5 Å². The van der Waals surface area contributed by atoms with Crippen molar-refractivity contribution < 1.29 is 19.2 Å². The lowest BCUT2D eigenvalue weighted by Gasteiger charge is -2.09. The van der Waals surface area contributed by atoms with Crippen molar-refractivity contribution in [3.63, 3.8) is 0 Å². The fraction of sp³-hybridized carbons (Fsp3) is 0.0667. The lowest BCUT2D eigenvalue weighted by molar-refractivity contribution is -0.384. The Balaban J connectivity index is 1.23. The molecule has 1 heterocycles. The minimum absolute atomic E-state index is 0.101. The van der Waals surface area contributed by atoms with Gasteiger partial charge in [0.1, 0.15) is 17.2 Å². The standard InChI is InChI=1S/C30H24N4O5/c1-21-7-11-27(12-8-21)39-28-18-24(17-25(19-28)34(36)37)31-30(35)29-15-16-33(32-29)20-38-26-13-9-23(10-14-26)22-5-3-2-4-6-22/h2-19H,20H2,1H3,(H,31,35). The quantitative estimate of drug-likeness (QED) is 0.168. The highest BCUT2D eigenvalue weighted by Gasteiger charge is 2.16. The number of benzene rings is 4. The van der Waals surface area contributed by atoms with Gasteiger partial charge in [-0.25, -0.2) is 4.68 Å². The molecule has 0 spiro atoms. The van der Waals surface area contributed by atoms with E-state index in [1.54, 1.807) is 18.3 Å². The van der Waals surface area contributed by atoms with Crippen molar-refractivity contribution in [3.8, 4) is 28.4 Å². The number of non-ortho nitro benzene ring substituents is 1. The summed E-state index contributed by atoms with van der Waals surface area (Å²) in [6.07, 6.45) is 1.62. The van der Waals surface area contributed by atoms with Crippen molar-refractivity contribution >= 4 is 17.3 Å². The van der Waals surface area contributed by atoms with E-state index in [4.69, 9.17) is 9.47 Å². The molecule has 0 aliphatic heterocycles. The SMILES string of the molecule is Cc1ccc(Oc2cc(NC(=O)c3ccn(COc4ccc(-c5ccccc5)cc4)n3)cc([N+](=O)[O-])c2)cc1. The van der Waals surface area contributed by atoms with Crippen LogP contribution in [0.5, 0.6) is 17.2 Å². The van der Waals surface area contributed by atoms with E-state index in [9.17, 15) is 14.9 Å². The van der Waals surface area contributed by atoms with E-state index in [0.717, 1.165) is 16.7 Å². The summed E-state index contributed by atoms with van der Waals surface area (Å²) in [4.78, 5) is 23.7. The second kappa shape index (κ2) is 11.3. The Bertz CT molecular complexity index is 1600. The van der Waals surface area contributed by atoms with Crippen molar-refractivity contribution in [2.75, 3.05) is 5.32 Å². The first-order valence-electron chi connectivity index (χ1n) is 12.1. The van der Waals surface area contributed by atoms with Gasteiger partial charge >= 0.3 is 0 Å². The first-order valence-corrected chi connectivity index (χ1v) is 12.1. The van der Waals surface area contributed by atoms with Crippen LogP contribution in [0.2, 0.25) is 0 Å². The molecule has 0 atom stereocenters. The molecule has 39 heavy (non-hydrogen) atoms. The first kappa shape index (κ1) is 25.2. The molecule has 9 heteroatoms. The molecule has 5 rings (SSSR count). The fourth-order valence-corrected chi connectivity index (χ4v) is 3.83. The van der Waals surface area contributed by atoms with Gasteiger partial charge in [0.05, 0.1) is 16.7 Å². The summed E-state index contributed by atoms with van der Waals surface area (Å²) in [5.74, 6) is 0.879. The molecule has 194 valence electrons. The summed E-state index contributed by atoms with van der Waals surface area (Å²) in [6.45, 7) is 2.05. The average Bonchev–Trinajstić information content (AvgIpc) is 3.43. The second-order valence-corrected chi connectivity index (χ2v) is 8.75. The van der Waals surface area contributed by atoms with Crippen LogP contribution in [0.25, 0.3) is 11.1 Å².